The summed E-state index contributed by atoms with van der Waals surface area (Å²) in [5, 5.41) is 2.99. The molecule has 0 aliphatic carbocycles. The van der Waals surface area contributed by atoms with Crippen LogP contribution in [0.4, 0.5) is 0 Å². The molecule has 7 nitrogen and oxygen atoms in total. The van der Waals surface area contributed by atoms with Crippen LogP contribution in [0.2, 0.25) is 0 Å². The van der Waals surface area contributed by atoms with Gasteiger partial charge in [-0.15, -0.1) is 0 Å². The molecule has 1 aliphatic heterocycles. The van der Waals surface area contributed by atoms with Gasteiger partial charge in [0.25, 0.3) is 5.91 Å². The quantitative estimate of drug-likeness (QED) is 0.667. The number of carbonyl (C=O) groups is 2. The average Bonchev–Trinajstić information content (AvgIpc) is 3.09. The van der Waals surface area contributed by atoms with E-state index in [1.54, 1.807) is 26.2 Å². The number of hydrogen-bond acceptors (Lipinski definition) is 5. The highest BCUT2D eigenvalue weighted by Crippen LogP contribution is 2.39. The van der Waals surface area contributed by atoms with E-state index in [0.29, 0.717) is 42.3 Å². The fourth-order valence-electron chi connectivity index (χ4n) is 4.09. The Morgan fingerprint density at radius 2 is 1.74 bits per heavy atom. The van der Waals surface area contributed by atoms with Crippen molar-refractivity contribution in [1.29, 1.82) is 0 Å². The van der Waals surface area contributed by atoms with E-state index in [4.69, 9.17) is 14.2 Å². The highest BCUT2D eigenvalue weighted by molar-refractivity contribution is 6.01. The summed E-state index contributed by atoms with van der Waals surface area (Å²) in [6.45, 7) is 4.77. The Kier molecular flexibility index (Phi) is 7.05. The van der Waals surface area contributed by atoms with Gasteiger partial charge in [0.1, 0.15) is 6.04 Å². The zero-order valence-electron chi connectivity index (χ0n) is 18.7. The van der Waals surface area contributed by atoms with Crippen molar-refractivity contribution < 1.29 is 23.8 Å². The molecule has 0 radical (unpaired) electrons. The summed E-state index contributed by atoms with van der Waals surface area (Å²) >= 11 is 0. The maximum absolute atomic E-state index is 13.1. The van der Waals surface area contributed by atoms with Crippen LogP contribution >= 0.6 is 0 Å². The predicted molar refractivity (Wildman–Crippen MR) is 118 cm³/mol. The molecular formula is C24H30N2O5. The number of amides is 2. The lowest BCUT2D eigenvalue weighted by Gasteiger charge is -2.30. The van der Waals surface area contributed by atoms with Gasteiger partial charge in [0.05, 0.1) is 21.3 Å². The van der Waals surface area contributed by atoms with E-state index in [1.165, 1.54) is 0 Å². The van der Waals surface area contributed by atoms with Crippen LogP contribution in [0.15, 0.2) is 36.4 Å². The van der Waals surface area contributed by atoms with E-state index in [-0.39, 0.29) is 17.7 Å². The second-order valence-electron chi connectivity index (χ2n) is 7.81. The van der Waals surface area contributed by atoms with Crippen LogP contribution in [0.5, 0.6) is 17.2 Å². The maximum atomic E-state index is 13.1. The highest BCUT2D eigenvalue weighted by Gasteiger charge is 2.37. The molecule has 1 heterocycles. The number of rotatable bonds is 9. The Morgan fingerprint density at radius 3 is 2.35 bits per heavy atom. The van der Waals surface area contributed by atoms with E-state index < -0.39 is 6.04 Å². The Morgan fingerprint density at radius 1 is 1.03 bits per heavy atom. The van der Waals surface area contributed by atoms with Gasteiger partial charge in [-0.2, -0.15) is 0 Å². The van der Waals surface area contributed by atoms with E-state index in [0.717, 1.165) is 11.1 Å². The molecule has 2 amide bonds. The fraction of sp³-hybridized carbons (Fsp3) is 0.417. The Bertz CT molecular complexity index is 957. The summed E-state index contributed by atoms with van der Waals surface area (Å²) in [6, 6.07) is 10.7. The molecule has 0 bridgehead atoms. The molecule has 0 fully saturated rings. The highest BCUT2D eigenvalue weighted by atomic mass is 16.5. The Hall–Kier alpha value is -3.22. The zero-order chi connectivity index (χ0) is 22.5. The van der Waals surface area contributed by atoms with Crippen LogP contribution in [0.3, 0.4) is 0 Å². The smallest absolute Gasteiger partial charge is 0.255 e. The molecule has 2 aromatic rings. The number of hydrogen-bond donors (Lipinski definition) is 1. The molecule has 1 N–H and O–H groups in total. The lowest BCUT2D eigenvalue weighted by Crippen LogP contribution is -2.50. The molecule has 0 saturated carbocycles. The van der Waals surface area contributed by atoms with Gasteiger partial charge in [-0.05, 0) is 30.0 Å². The van der Waals surface area contributed by atoms with Crippen molar-refractivity contribution in [3.05, 3.63) is 53.1 Å². The van der Waals surface area contributed by atoms with Crippen molar-refractivity contribution >= 4 is 11.8 Å². The maximum Gasteiger partial charge on any atom is 0.255 e. The molecule has 2 aromatic carbocycles. The van der Waals surface area contributed by atoms with Crippen LogP contribution in [-0.4, -0.2) is 50.6 Å². The Balaban J connectivity index is 1.69. The van der Waals surface area contributed by atoms with Crippen LogP contribution in [0.25, 0.3) is 0 Å². The molecule has 0 aromatic heterocycles. The predicted octanol–water partition coefficient (Wildman–Crippen LogP) is 3.05. The van der Waals surface area contributed by atoms with Crippen molar-refractivity contribution in [3.63, 3.8) is 0 Å². The number of fused-ring (bicyclic) bond motifs is 1. The van der Waals surface area contributed by atoms with E-state index in [2.05, 4.69) is 5.32 Å². The van der Waals surface area contributed by atoms with Crippen molar-refractivity contribution in [2.75, 3.05) is 27.9 Å². The number of benzene rings is 2. The minimum absolute atomic E-state index is 0.0196. The topological polar surface area (TPSA) is 77.1 Å². The number of nitrogens with zero attached hydrogens (tertiary/aromatic N) is 1. The first-order chi connectivity index (χ1) is 14.9. The minimum Gasteiger partial charge on any atom is -0.493 e. The van der Waals surface area contributed by atoms with Crippen LogP contribution in [0.1, 0.15) is 35.3 Å². The number of methoxy groups -OCH3 is 3. The lowest BCUT2D eigenvalue weighted by molar-refractivity contribution is -0.127. The summed E-state index contributed by atoms with van der Waals surface area (Å²) in [5.41, 5.74) is 2.53. The third-order valence-corrected chi connectivity index (χ3v) is 5.56. The standard InChI is InChI=1S/C24H30N2O5/c1-15(2)20(26-14-17-8-6-7-9-18(17)24(26)28)23(27)25-13-12-16-10-11-19(29-3)22(31-5)21(16)30-4/h6-11,15,20H,12-14H2,1-5H3,(H,25,27)/t20-/m1/s1. The molecule has 0 unspecified atom stereocenters. The zero-order valence-corrected chi connectivity index (χ0v) is 18.7. The summed E-state index contributed by atoms with van der Waals surface area (Å²) < 4.78 is 16.3. The van der Waals surface area contributed by atoms with Gasteiger partial charge in [-0.1, -0.05) is 38.1 Å². The molecule has 31 heavy (non-hydrogen) atoms. The van der Waals surface area contributed by atoms with Gasteiger partial charge in [0, 0.05) is 24.2 Å². The average molecular weight is 427 g/mol. The Labute approximate surface area is 183 Å². The van der Waals surface area contributed by atoms with Crippen molar-refractivity contribution in [3.8, 4) is 17.2 Å². The molecule has 7 heteroatoms. The molecule has 0 saturated heterocycles. The third kappa shape index (κ3) is 4.45. The van der Waals surface area contributed by atoms with Crippen molar-refractivity contribution in [2.45, 2.75) is 32.9 Å². The SMILES string of the molecule is COc1ccc(CCNC(=O)[C@@H](C(C)C)N2Cc3ccccc3C2=O)c(OC)c1OC. The van der Waals surface area contributed by atoms with Crippen molar-refractivity contribution in [2.24, 2.45) is 5.92 Å². The van der Waals surface area contributed by atoms with Gasteiger partial charge >= 0.3 is 0 Å². The first kappa shape index (κ1) is 22.5. The molecule has 166 valence electrons. The van der Waals surface area contributed by atoms with Gasteiger partial charge < -0.3 is 24.4 Å². The van der Waals surface area contributed by atoms with E-state index in [9.17, 15) is 9.59 Å². The van der Waals surface area contributed by atoms with Crippen LogP contribution < -0.4 is 19.5 Å². The number of ether oxygens (including phenoxy) is 3. The normalized spacial score (nSPS) is 13.7. The summed E-state index contributed by atoms with van der Waals surface area (Å²) in [7, 11) is 4.70. The molecular weight excluding hydrogens is 396 g/mol. The summed E-state index contributed by atoms with van der Waals surface area (Å²) in [4.78, 5) is 27.6. The molecule has 1 aliphatic rings. The summed E-state index contributed by atoms with van der Waals surface area (Å²) in [6.07, 6.45) is 0.550. The molecule has 0 spiro atoms. The van der Waals surface area contributed by atoms with Gasteiger partial charge in [0.2, 0.25) is 11.7 Å². The van der Waals surface area contributed by atoms with Crippen molar-refractivity contribution in [1.82, 2.24) is 10.2 Å². The fourth-order valence-corrected chi connectivity index (χ4v) is 4.09. The minimum atomic E-state index is -0.535. The first-order valence-electron chi connectivity index (χ1n) is 10.4. The lowest BCUT2D eigenvalue weighted by atomic mass is 10.0. The molecule has 3 rings (SSSR count). The van der Waals surface area contributed by atoms with Crippen LogP contribution in [-0.2, 0) is 17.8 Å². The first-order valence-corrected chi connectivity index (χ1v) is 10.4. The second kappa shape index (κ2) is 9.73. The van der Waals surface area contributed by atoms with Gasteiger partial charge in [0.15, 0.2) is 11.5 Å². The van der Waals surface area contributed by atoms with E-state index >= 15 is 0 Å². The third-order valence-electron chi connectivity index (χ3n) is 5.56. The van der Waals surface area contributed by atoms with Gasteiger partial charge in [-0.25, -0.2) is 0 Å². The van der Waals surface area contributed by atoms with E-state index in [1.807, 2.05) is 50.2 Å². The van der Waals surface area contributed by atoms with Crippen LogP contribution in [0, 0.1) is 5.92 Å². The monoisotopic (exact) mass is 426 g/mol. The largest absolute Gasteiger partial charge is 0.493 e. The second-order valence-corrected chi connectivity index (χ2v) is 7.81. The molecule has 1 atom stereocenters. The van der Waals surface area contributed by atoms with Gasteiger partial charge in [-0.3, -0.25) is 9.59 Å². The summed E-state index contributed by atoms with van der Waals surface area (Å²) in [5.74, 6) is 1.42. The number of nitrogens with one attached hydrogen (secondary N) is 1. The number of carbonyl (C=O) groups excluding carboxylic acids is 2.